The van der Waals surface area contributed by atoms with Crippen LogP contribution < -0.4 is 5.32 Å². The molecule has 0 fully saturated rings. The molecule has 1 amide bonds. The van der Waals surface area contributed by atoms with Crippen LogP contribution >= 0.6 is 11.6 Å². The lowest BCUT2D eigenvalue weighted by molar-refractivity contribution is -0.116. The van der Waals surface area contributed by atoms with Crippen molar-refractivity contribution >= 4 is 23.2 Å². The van der Waals surface area contributed by atoms with Gasteiger partial charge in [0, 0.05) is 23.1 Å². The van der Waals surface area contributed by atoms with E-state index < -0.39 is 0 Å². The monoisotopic (exact) mass is 338 g/mol. The molecule has 3 aromatic rings. The van der Waals surface area contributed by atoms with Crippen LogP contribution in [0.4, 0.5) is 5.69 Å². The minimum atomic E-state index is -0.0440. The van der Waals surface area contributed by atoms with Crippen molar-refractivity contribution in [2.24, 2.45) is 0 Å². The first-order valence-electron chi connectivity index (χ1n) is 7.86. The number of nitrogens with zero attached hydrogens (tertiary/aromatic N) is 1. The van der Waals surface area contributed by atoms with Gasteiger partial charge in [0.25, 0.3) is 0 Å². The molecule has 0 aliphatic heterocycles. The smallest absolute Gasteiger partial charge is 0.226 e. The Morgan fingerprint density at radius 1 is 1.08 bits per heavy atom. The van der Waals surface area contributed by atoms with E-state index in [0.29, 0.717) is 17.1 Å². The first-order valence-corrected chi connectivity index (χ1v) is 8.24. The molecule has 2 aromatic carbocycles. The van der Waals surface area contributed by atoms with Crippen LogP contribution in [0.3, 0.4) is 0 Å². The Balaban J connectivity index is 1.80. The minimum Gasteiger partial charge on any atom is -0.346 e. The Morgan fingerprint density at radius 3 is 2.54 bits per heavy atom. The molecule has 122 valence electrons. The van der Waals surface area contributed by atoms with Gasteiger partial charge in [0.1, 0.15) is 0 Å². The SMILES string of the molecule is Cc1cccc([C@H](CC(=O)Nc2cccc(Cl)c2)n2cccc2)c1. The zero-order chi connectivity index (χ0) is 16.9. The number of carbonyl (C=O) groups excluding carboxylic acids is 1. The van der Waals surface area contributed by atoms with Crippen molar-refractivity contribution < 1.29 is 4.79 Å². The molecule has 0 saturated heterocycles. The highest BCUT2D eigenvalue weighted by atomic mass is 35.5. The summed E-state index contributed by atoms with van der Waals surface area (Å²) in [5.41, 5.74) is 3.01. The van der Waals surface area contributed by atoms with Crippen LogP contribution in [0, 0.1) is 6.92 Å². The van der Waals surface area contributed by atoms with E-state index in [-0.39, 0.29) is 11.9 Å². The van der Waals surface area contributed by atoms with E-state index in [1.54, 1.807) is 12.1 Å². The van der Waals surface area contributed by atoms with Crippen molar-refractivity contribution in [3.8, 4) is 0 Å². The number of carbonyl (C=O) groups is 1. The molecular weight excluding hydrogens is 320 g/mol. The summed E-state index contributed by atoms with van der Waals surface area (Å²) in [6.45, 7) is 2.06. The molecule has 1 atom stereocenters. The van der Waals surface area contributed by atoms with Crippen LogP contribution in [0.25, 0.3) is 0 Å². The normalized spacial score (nSPS) is 11.9. The van der Waals surface area contributed by atoms with Crippen LogP contribution in [0.2, 0.25) is 5.02 Å². The lowest BCUT2D eigenvalue weighted by atomic mass is 10.0. The quantitative estimate of drug-likeness (QED) is 0.692. The number of rotatable bonds is 5. The van der Waals surface area contributed by atoms with Gasteiger partial charge in [-0.3, -0.25) is 4.79 Å². The van der Waals surface area contributed by atoms with Crippen molar-refractivity contribution in [1.29, 1.82) is 0 Å². The predicted octanol–water partition coefficient (Wildman–Crippen LogP) is 5.07. The van der Waals surface area contributed by atoms with Crippen molar-refractivity contribution in [3.63, 3.8) is 0 Å². The molecule has 0 aliphatic rings. The van der Waals surface area contributed by atoms with Gasteiger partial charge >= 0.3 is 0 Å². The van der Waals surface area contributed by atoms with E-state index in [9.17, 15) is 4.79 Å². The fourth-order valence-electron chi connectivity index (χ4n) is 2.78. The number of benzene rings is 2. The second-order valence-electron chi connectivity index (χ2n) is 5.82. The number of aryl methyl sites for hydroxylation is 1. The highest BCUT2D eigenvalue weighted by Gasteiger charge is 2.17. The van der Waals surface area contributed by atoms with Crippen LogP contribution in [-0.4, -0.2) is 10.5 Å². The summed E-state index contributed by atoms with van der Waals surface area (Å²) in [5.74, 6) is -0.0440. The Bertz CT molecular complexity index is 827. The number of hydrogen-bond acceptors (Lipinski definition) is 1. The fourth-order valence-corrected chi connectivity index (χ4v) is 2.97. The summed E-state index contributed by atoms with van der Waals surface area (Å²) < 4.78 is 2.06. The zero-order valence-electron chi connectivity index (χ0n) is 13.4. The van der Waals surface area contributed by atoms with Gasteiger partial charge < -0.3 is 9.88 Å². The standard InChI is InChI=1S/C20H19ClN2O/c1-15-6-4-7-16(12-15)19(23-10-2-3-11-23)14-20(24)22-18-9-5-8-17(21)13-18/h2-13,19H,14H2,1H3,(H,22,24)/t19-/m0/s1. The van der Waals surface area contributed by atoms with E-state index in [4.69, 9.17) is 11.6 Å². The third-order valence-electron chi connectivity index (χ3n) is 3.90. The van der Waals surface area contributed by atoms with Crippen LogP contribution in [0.15, 0.2) is 73.1 Å². The molecule has 24 heavy (non-hydrogen) atoms. The molecular formula is C20H19ClN2O. The Kier molecular flexibility index (Phi) is 5.02. The maximum atomic E-state index is 12.5. The van der Waals surface area contributed by atoms with Gasteiger partial charge in [0.2, 0.25) is 5.91 Å². The summed E-state index contributed by atoms with van der Waals surface area (Å²) in [7, 11) is 0. The molecule has 0 aliphatic carbocycles. The summed E-state index contributed by atoms with van der Waals surface area (Å²) in [5, 5.41) is 3.53. The lowest BCUT2D eigenvalue weighted by Crippen LogP contribution is -2.19. The molecule has 4 heteroatoms. The number of halogens is 1. The Morgan fingerprint density at radius 2 is 1.83 bits per heavy atom. The Hall–Kier alpha value is -2.52. The van der Waals surface area contributed by atoms with Crippen molar-refractivity contribution in [1.82, 2.24) is 4.57 Å². The van der Waals surface area contributed by atoms with Crippen LogP contribution in [0.5, 0.6) is 0 Å². The summed E-state index contributed by atoms with van der Waals surface area (Å²) in [6, 6.07) is 19.3. The number of aromatic nitrogens is 1. The van der Waals surface area contributed by atoms with Crippen LogP contribution in [0.1, 0.15) is 23.6 Å². The maximum absolute atomic E-state index is 12.5. The van der Waals surface area contributed by atoms with E-state index in [2.05, 4.69) is 35.0 Å². The number of nitrogens with one attached hydrogen (secondary N) is 1. The predicted molar refractivity (Wildman–Crippen MR) is 98.4 cm³/mol. The second-order valence-corrected chi connectivity index (χ2v) is 6.26. The maximum Gasteiger partial charge on any atom is 0.226 e. The topological polar surface area (TPSA) is 34.0 Å². The second kappa shape index (κ2) is 7.37. The van der Waals surface area contributed by atoms with E-state index in [1.807, 2.05) is 42.7 Å². The largest absolute Gasteiger partial charge is 0.346 e. The molecule has 0 unspecified atom stereocenters. The van der Waals surface area contributed by atoms with Gasteiger partial charge in [-0.1, -0.05) is 47.5 Å². The lowest BCUT2D eigenvalue weighted by Gasteiger charge is -2.20. The zero-order valence-corrected chi connectivity index (χ0v) is 14.2. The summed E-state index contributed by atoms with van der Waals surface area (Å²) in [4.78, 5) is 12.5. The molecule has 0 radical (unpaired) electrons. The molecule has 0 saturated carbocycles. The third kappa shape index (κ3) is 4.06. The van der Waals surface area contributed by atoms with Gasteiger partial charge in [-0.15, -0.1) is 0 Å². The molecule has 3 nitrogen and oxygen atoms in total. The van der Waals surface area contributed by atoms with Gasteiger partial charge in [-0.2, -0.15) is 0 Å². The highest BCUT2D eigenvalue weighted by Crippen LogP contribution is 2.24. The fraction of sp³-hybridized carbons (Fsp3) is 0.150. The van der Waals surface area contributed by atoms with Gasteiger partial charge in [-0.25, -0.2) is 0 Å². The van der Waals surface area contributed by atoms with Gasteiger partial charge in [0.05, 0.1) is 12.5 Å². The average Bonchev–Trinajstić information content (AvgIpc) is 3.07. The minimum absolute atomic E-state index is 0.0425. The third-order valence-corrected chi connectivity index (χ3v) is 4.14. The van der Waals surface area contributed by atoms with Gasteiger partial charge in [-0.05, 0) is 42.8 Å². The van der Waals surface area contributed by atoms with Crippen molar-refractivity contribution in [3.05, 3.63) is 89.2 Å². The summed E-state index contributed by atoms with van der Waals surface area (Å²) in [6.07, 6.45) is 4.32. The van der Waals surface area contributed by atoms with Crippen molar-refractivity contribution in [2.75, 3.05) is 5.32 Å². The van der Waals surface area contributed by atoms with E-state index in [0.717, 1.165) is 5.56 Å². The van der Waals surface area contributed by atoms with Crippen LogP contribution in [-0.2, 0) is 4.79 Å². The van der Waals surface area contributed by atoms with E-state index >= 15 is 0 Å². The molecule has 0 bridgehead atoms. The number of amides is 1. The Labute approximate surface area is 146 Å². The van der Waals surface area contributed by atoms with E-state index in [1.165, 1.54) is 5.56 Å². The molecule has 1 N–H and O–H groups in total. The van der Waals surface area contributed by atoms with Gasteiger partial charge in [0.15, 0.2) is 0 Å². The molecule has 1 heterocycles. The summed E-state index contributed by atoms with van der Waals surface area (Å²) >= 11 is 5.97. The highest BCUT2D eigenvalue weighted by molar-refractivity contribution is 6.30. The first-order chi connectivity index (χ1) is 11.6. The molecule has 1 aromatic heterocycles. The number of hydrogen-bond donors (Lipinski definition) is 1. The molecule has 0 spiro atoms. The van der Waals surface area contributed by atoms with Crippen molar-refractivity contribution in [2.45, 2.75) is 19.4 Å². The first kappa shape index (κ1) is 16.3. The average molecular weight is 339 g/mol. The number of anilines is 1. The molecule has 3 rings (SSSR count).